The molecule has 0 radical (unpaired) electrons. The number of hydrogen-bond donors (Lipinski definition) is 1. The van der Waals surface area contributed by atoms with Crippen molar-refractivity contribution in [3.8, 4) is 0 Å². The number of aromatic nitrogens is 1. The Balaban J connectivity index is 2.74. The van der Waals surface area contributed by atoms with Crippen LogP contribution in [0.1, 0.15) is 37.2 Å². The summed E-state index contributed by atoms with van der Waals surface area (Å²) in [7, 11) is 0. The molecule has 1 aromatic heterocycles. The van der Waals surface area contributed by atoms with Gasteiger partial charge in [0.2, 0.25) is 0 Å². The van der Waals surface area contributed by atoms with Crippen LogP contribution in [0.2, 0.25) is 5.15 Å². The quantitative estimate of drug-likeness (QED) is 0.820. The predicted octanol–water partition coefficient (Wildman–Crippen LogP) is 2.22. The minimum atomic E-state index is -0.451. The van der Waals surface area contributed by atoms with E-state index in [-0.39, 0.29) is 22.5 Å². The van der Waals surface area contributed by atoms with Gasteiger partial charge in [0.15, 0.2) is 5.78 Å². The number of nitrogens with one attached hydrogen (secondary N) is 1. The summed E-state index contributed by atoms with van der Waals surface area (Å²) < 4.78 is 0. The van der Waals surface area contributed by atoms with Crippen LogP contribution in [0.5, 0.6) is 0 Å². The highest BCUT2D eigenvalue weighted by atomic mass is 35.5. The van der Waals surface area contributed by atoms with Gasteiger partial charge >= 0.3 is 0 Å². The van der Waals surface area contributed by atoms with Gasteiger partial charge in [0, 0.05) is 6.42 Å². The average Bonchev–Trinajstić information content (AvgIpc) is 2.34. The minimum Gasteiger partial charge on any atom is -0.341 e. The van der Waals surface area contributed by atoms with Gasteiger partial charge in [0.25, 0.3) is 5.91 Å². The molecular formula is C12H15ClN2O2. The topological polar surface area (TPSA) is 59.1 Å². The Bertz CT molecular complexity index is 421. The fourth-order valence-corrected chi connectivity index (χ4v) is 1.59. The van der Waals surface area contributed by atoms with Crippen LogP contribution in [0.25, 0.3) is 0 Å². The highest BCUT2D eigenvalue weighted by molar-refractivity contribution is 6.29. The maximum absolute atomic E-state index is 11.8. The molecule has 92 valence electrons. The first-order valence-electron chi connectivity index (χ1n) is 5.54. The van der Waals surface area contributed by atoms with Gasteiger partial charge < -0.3 is 5.32 Å². The third-order valence-electron chi connectivity index (χ3n) is 2.40. The Kier molecular flexibility index (Phi) is 5.10. The van der Waals surface area contributed by atoms with Crippen molar-refractivity contribution in [3.05, 3.63) is 29.0 Å². The second-order valence-electron chi connectivity index (χ2n) is 3.60. The van der Waals surface area contributed by atoms with Crippen LogP contribution in [-0.4, -0.2) is 22.7 Å². The molecule has 0 saturated carbocycles. The molecule has 0 aromatic carbocycles. The van der Waals surface area contributed by atoms with E-state index >= 15 is 0 Å². The Morgan fingerprint density at radius 2 is 2.12 bits per heavy atom. The number of carbonyl (C=O) groups is 2. The zero-order chi connectivity index (χ0) is 12.8. The van der Waals surface area contributed by atoms with E-state index < -0.39 is 6.04 Å². The summed E-state index contributed by atoms with van der Waals surface area (Å²) in [6.07, 6.45) is 0.973. The molecule has 4 nitrogen and oxygen atoms in total. The molecule has 1 aromatic rings. The first kappa shape index (κ1) is 13.6. The number of pyridine rings is 1. The molecule has 0 saturated heterocycles. The molecule has 17 heavy (non-hydrogen) atoms. The zero-order valence-corrected chi connectivity index (χ0v) is 10.6. The van der Waals surface area contributed by atoms with Crippen LogP contribution in [-0.2, 0) is 4.79 Å². The maximum atomic E-state index is 11.8. The minimum absolute atomic E-state index is 0.0166. The summed E-state index contributed by atoms with van der Waals surface area (Å²) >= 11 is 5.69. The van der Waals surface area contributed by atoms with Crippen LogP contribution >= 0.6 is 11.6 Å². The highest BCUT2D eigenvalue weighted by Crippen LogP contribution is 2.06. The third kappa shape index (κ3) is 3.82. The molecule has 1 atom stereocenters. The lowest BCUT2D eigenvalue weighted by atomic mass is 10.1. The van der Waals surface area contributed by atoms with Gasteiger partial charge in [0.1, 0.15) is 10.8 Å². The fraction of sp³-hybridized carbons (Fsp3) is 0.417. The van der Waals surface area contributed by atoms with Crippen molar-refractivity contribution in [3.63, 3.8) is 0 Å². The van der Waals surface area contributed by atoms with E-state index in [1.165, 1.54) is 0 Å². The van der Waals surface area contributed by atoms with Gasteiger partial charge in [-0.2, -0.15) is 0 Å². The van der Waals surface area contributed by atoms with E-state index in [0.717, 1.165) is 0 Å². The van der Waals surface area contributed by atoms with Crippen LogP contribution in [0.4, 0.5) is 0 Å². The van der Waals surface area contributed by atoms with Crippen molar-refractivity contribution in [2.24, 2.45) is 0 Å². The second-order valence-corrected chi connectivity index (χ2v) is 3.99. The molecule has 1 heterocycles. The molecule has 1 N–H and O–H groups in total. The molecule has 0 aliphatic heterocycles. The third-order valence-corrected chi connectivity index (χ3v) is 2.61. The van der Waals surface area contributed by atoms with Crippen molar-refractivity contribution in [1.29, 1.82) is 0 Å². The molecule has 1 rings (SSSR count). The lowest BCUT2D eigenvalue weighted by Crippen LogP contribution is -2.40. The molecule has 5 heteroatoms. The summed E-state index contributed by atoms with van der Waals surface area (Å²) in [4.78, 5) is 27.2. The van der Waals surface area contributed by atoms with Crippen LogP contribution in [0.15, 0.2) is 18.2 Å². The number of amides is 1. The number of halogens is 1. The van der Waals surface area contributed by atoms with Gasteiger partial charge in [-0.15, -0.1) is 0 Å². The van der Waals surface area contributed by atoms with Gasteiger partial charge in [-0.1, -0.05) is 31.5 Å². The summed E-state index contributed by atoms with van der Waals surface area (Å²) in [5.41, 5.74) is 0.222. The van der Waals surface area contributed by atoms with Gasteiger partial charge in [-0.05, 0) is 18.6 Å². The summed E-state index contributed by atoms with van der Waals surface area (Å²) in [5, 5.41) is 2.91. The molecule has 0 unspecified atom stereocenters. The van der Waals surface area contributed by atoms with Gasteiger partial charge in [0.05, 0.1) is 6.04 Å². The first-order valence-corrected chi connectivity index (χ1v) is 5.92. The number of hydrogen-bond acceptors (Lipinski definition) is 3. The highest BCUT2D eigenvalue weighted by Gasteiger charge is 2.18. The largest absolute Gasteiger partial charge is 0.341 e. The maximum Gasteiger partial charge on any atom is 0.270 e. The normalized spacial score (nSPS) is 11.9. The predicted molar refractivity (Wildman–Crippen MR) is 66.1 cm³/mol. The summed E-state index contributed by atoms with van der Waals surface area (Å²) in [5.74, 6) is -0.357. The number of rotatable bonds is 5. The van der Waals surface area contributed by atoms with E-state index in [9.17, 15) is 9.59 Å². The van der Waals surface area contributed by atoms with E-state index in [1.54, 1.807) is 25.1 Å². The lowest BCUT2D eigenvalue weighted by Gasteiger charge is -2.14. The fourth-order valence-electron chi connectivity index (χ4n) is 1.42. The number of ketones is 1. The molecule has 0 bridgehead atoms. The monoisotopic (exact) mass is 254 g/mol. The van der Waals surface area contributed by atoms with E-state index in [1.807, 2.05) is 6.92 Å². The Morgan fingerprint density at radius 1 is 1.41 bits per heavy atom. The van der Waals surface area contributed by atoms with Gasteiger partial charge in [-0.25, -0.2) is 4.98 Å². The average molecular weight is 255 g/mol. The number of nitrogens with zero attached hydrogens (tertiary/aromatic N) is 1. The van der Waals surface area contributed by atoms with Crippen molar-refractivity contribution in [1.82, 2.24) is 10.3 Å². The number of Topliss-reactive ketones (excluding diaryl/α,β-unsaturated/α-hetero) is 1. The molecule has 1 amide bonds. The van der Waals surface area contributed by atoms with Crippen LogP contribution in [0.3, 0.4) is 0 Å². The standard InChI is InChI=1S/C12H15ClN2O2/c1-3-8(10(16)4-2)15-12(17)9-6-5-7-11(13)14-9/h5-8H,3-4H2,1-2H3,(H,15,17)/t8-/m1/s1. The molecule has 0 fully saturated rings. The van der Waals surface area contributed by atoms with Gasteiger partial charge in [-0.3, -0.25) is 9.59 Å². The molecular weight excluding hydrogens is 240 g/mol. The molecule has 0 aliphatic carbocycles. The Hall–Kier alpha value is -1.42. The first-order chi connectivity index (χ1) is 8.08. The van der Waals surface area contributed by atoms with Crippen LogP contribution in [0, 0.1) is 0 Å². The SMILES string of the molecule is CCC(=O)[C@@H](CC)NC(=O)c1cccc(Cl)n1. The van der Waals surface area contributed by atoms with Crippen molar-refractivity contribution >= 4 is 23.3 Å². The van der Waals surface area contributed by atoms with Crippen LogP contribution < -0.4 is 5.32 Å². The Labute approximate surface area is 105 Å². The smallest absolute Gasteiger partial charge is 0.270 e. The molecule has 0 spiro atoms. The number of carbonyl (C=O) groups excluding carboxylic acids is 2. The van der Waals surface area contributed by atoms with Crippen molar-refractivity contribution in [2.45, 2.75) is 32.7 Å². The lowest BCUT2D eigenvalue weighted by molar-refractivity contribution is -0.120. The van der Waals surface area contributed by atoms with E-state index in [2.05, 4.69) is 10.3 Å². The zero-order valence-electron chi connectivity index (χ0n) is 9.87. The van der Waals surface area contributed by atoms with E-state index in [4.69, 9.17) is 11.6 Å². The van der Waals surface area contributed by atoms with Crippen molar-refractivity contribution in [2.75, 3.05) is 0 Å². The molecule has 0 aliphatic rings. The summed E-state index contributed by atoms with van der Waals surface area (Å²) in [6.45, 7) is 3.62. The summed E-state index contributed by atoms with van der Waals surface area (Å²) in [6, 6.07) is 4.35. The Morgan fingerprint density at radius 3 is 2.65 bits per heavy atom. The van der Waals surface area contributed by atoms with Crippen molar-refractivity contribution < 1.29 is 9.59 Å². The van der Waals surface area contributed by atoms with E-state index in [0.29, 0.717) is 12.8 Å². The second kappa shape index (κ2) is 6.35.